The van der Waals surface area contributed by atoms with E-state index in [1.165, 1.54) is 28.6 Å². The lowest BCUT2D eigenvalue weighted by Gasteiger charge is -2.32. The summed E-state index contributed by atoms with van der Waals surface area (Å²) in [6.45, 7) is 3.18. The fraction of sp³-hybridized carbons (Fsp3) is 0.312. The van der Waals surface area contributed by atoms with Gasteiger partial charge in [0.05, 0.1) is 22.2 Å². The Balaban J connectivity index is 1.65. The van der Waals surface area contributed by atoms with Gasteiger partial charge in [0, 0.05) is 29.6 Å². The molecule has 1 aromatic carbocycles. The number of halogens is 1. The number of nitro benzene ring substituents is 1. The van der Waals surface area contributed by atoms with Crippen LogP contribution in [-0.4, -0.2) is 28.8 Å². The Morgan fingerprint density at radius 3 is 3.00 bits per heavy atom. The first kappa shape index (κ1) is 16.9. The van der Waals surface area contributed by atoms with Crippen LogP contribution in [0.5, 0.6) is 0 Å². The molecule has 1 aromatic heterocycles. The molecule has 0 fully saturated rings. The van der Waals surface area contributed by atoms with E-state index in [1.807, 2.05) is 0 Å². The van der Waals surface area contributed by atoms with Gasteiger partial charge in [-0.25, -0.2) is 0 Å². The molecule has 6 nitrogen and oxygen atoms in total. The summed E-state index contributed by atoms with van der Waals surface area (Å²) in [4.78, 5) is 26.0. The van der Waals surface area contributed by atoms with Crippen LogP contribution in [0.2, 0.25) is 5.02 Å². The van der Waals surface area contributed by atoms with Crippen LogP contribution in [-0.2, 0) is 11.2 Å². The van der Waals surface area contributed by atoms with E-state index in [2.05, 4.69) is 28.6 Å². The summed E-state index contributed by atoms with van der Waals surface area (Å²) < 4.78 is 0. The molecule has 24 heavy (non-hydrogen) atoms. The van der Waals surface area contributed by atoms with E-state index in [9.17, 15) is 14.9 Å². The second-order valence-corrected chi connectivity index (χ2v) is 7.07. The van der Waals surface area contributed by atoms with Gasteiger partial charge in [-0.2, -0.15) is 0 Å². The fourth-order valence-corrected chi connectivity index (χ4v) is 4.06. The minimum Gasteiger partial charge on any atom is -0.324 e. The molecule has 1 aliphatic rings. The monoisotopic (exact) mass is 365 g/mol. The molecule has 1 aliphatic heterocycles. The number of hydrogen-bond donors (Lipinski definition) is 1. The van der Waals surface area contributed by atoms with Gasteiger partial charge in [-0.3, -0.25) is 19.8 Å². The van der Waals surface area contributed by atoms with Gasteiger partial charge in [-0.1, -0.05) is 11.6 Å². The quantitative estimate of drug-likeness (QED) is 0.659. The number of anilines is 1. The van der Waals surface area contributed by atoms with Crippen molar-refractivity contribution in [2.45, 2.75) is 19.4 Å². The highest BCUT2D eigenvalue weighted by atomic mass is 35.5. The molecule has 0 saturated heterocycles. The number of nitrogens with one attached hydrogen (secondary N) is 1. The van der Waals surface area contributed by atoms with Gasteiger partial charge in [0.1, 0.15) is 0 Å². The van der Waals surface area contributed by atoms with Crippen LogP contribution in [0.4, 0.5) is 11.4 Å². The zero-order chi connectivity index (χ0) is 17.3. The Morgan fingerprint density at radius 2 is 2.29 bits per heavy atom. The predicted molar refractivity (Wildman–Crippen MR) is 94.7 cm³/mol. The molecule has 3 rings (SSSR count). The van der Waals surface area contributed by atoms with Crippen LogP contribution >= 0.6 is 22.9 Å². The number of thiophene rings is 1. The highest BCUT2D eigenvalue weighted by Gasteiger charge is 2.26. The van der Waals surface area contributed by atoms with Gasteiger partial charge in [-0.05, 0) is 36.4 Å². The molecule has 0 bridgehead atoms. The molecule has 1 N–H and O–H groups in total. The number of hydrogen-bond acceptors (Lipinski definition) is 5. The number of benzene rings is 1. The van der Waals surface area contributed by atoms with Crippen molar-refractivity contribution in [2.75, 3.05) is 18.4 Å². The lowest BCUT2D eigenvalue weighted by molar-refractivity contribution is -0.384. The van der Waals surface area contributed by atoms with Gasteiger partial charge in [0.15, 0.2) is 0 Å². The molecule has 0 radical (unpaired) electrons. The molecule has 8 heteroatoms. The topological polar surface area (TPSA) is 75.5 Å². The summed E-state index contributed by atoms with van der Waals surface area (Å²) in [6, 6.07) is 6.32. The van der Waals surface area contributed by atoms with E-state index < -0.39 is 4.92 Å². The smallest absolute Gasteiger partial charge is 0.271 e. The van der Waals surface area contributed by atoms with E-state index in [0.29, 0.717) is 5.69 Å². The number of nitro groups is 1. The number of rotatable bonds is 4. The number of fused-ring (bicyclic) bond motifs is 1. The van der Waals surface area contributed by atoms with Crippen LogP contribution in [0.25, 0.3) is 0 Å². The molecule has 0 aliphatic carbocycles. The van der Waals surface area contributed by atoms with Gasteiger partial charge in [-0.15, -0.1) is 11.3 Å². The maximum absolute atomic E-state index is 12.3. The SMILES string of the molecule is C[C@H]1c2ccsc2CCN1CC(=O)Nc1ccc([N+](=O)[O-])cc1Cl. The normalized spacial score (nSPS) is 17.3. The maximum atomic E-state index is 12.3. The average Bonchev–Trinajstić information content (AvgIpc) is 3.01. The Hall–Kier alpha value is -1.96. The van der Waals surface area contributed by atoms with E-state index in [-0.39, 0.29) is 29.2 Å². The largest absolute Gasteiger partial charge is 0.324 e. The molecule has 0 spiro atoms. The summed E-state index contributed by atoms with van der Waals surface area (Å²) in [7, 11) is 0. The van der Waals surface area contributed by atoms with Crippen LogP contribution < -0.4 is 5.32 Å². The standard InChI is InChI=1S/C16H16ClN3O3S/c1-10-12-5-7-24-15(12)4-6-19(10)9-16(21)18-14-3-2-11(20(22)23)8-13(14)17/h2-3,5,7-8,10H,4,6,9H2,1H3,(H,18,21)/t10-/m0/s1. The number of nitrogens with zero attached hydrogens (tertiary/aromatic N) is 2. The first-order valence-corrected chi connectivity index (χ1v) is 8.75. The molecule has 2 heterocycles. The molecular formula is C16H16ClN3O3S. The Bertz CT molecular complexity index is 793. The zero-order valence-corrected chi connectivity index (χ0v) is 14.6. The fourth-order valence-electron chi connectivity index (χ4n) is 2.87. The molecule has 126 valence electrons. The lowest BCUT2D eigenvalue weighted by Crippen LogP contribution is -2.39. The van der Waals surface area contributed by atoms with E-state index in [0.717, 1.165) is 13.0 Å². The number of amides is 1. The van der Waals surface area contributed by atoms with Gasteiger partial charge >= 0.3 is 0 Å². The summed E-state index contributed by atoms with van der Waals surface area (Å²) in [5.74, 6) is -0.184. The molecular weight excluding hydrogens is 350 g/mol. The van der Waals surface area contributed by atoms with Crippen molar-refractivity contribution in [1.82, 2.24) is 4.90 Å². The molecule has 2 aromatic rings. The number of carbonyl (C=O) groups is 1. The second-order valence-electron chi connectivity index (χ2n) is 5.67. The first-order valence-electron chi connectivity index (χ1n) is 7.50. The van der Waals surface area contributed by atoms with E-state index in [4.69, 9.17) is 11.6 Å². The summed E-state index contributed by atoms with van der Waals surface area (Å²) >= 11 is 7.77. The molecule has 0 saturated carbocycles. The average molecular weight is 366 g/mol. The Kier molecular flexibility index (Phi) is 4.84. The van der Waals surface area contributed by atoms with Crippen molar-refractivity contribution >= 4 is 40.2 Å². The molecule has 1 atom stereocenters. The minimum atomic E-state index is -0.522. The van der Waals surface area contributed by atoms with Crippen LogP contribution in [0.1, 0.15) is 23.4 Å². The number of non-ortho nitro benzene ring substituents is 1. The second kappa shape index (κ2) is 6.88. The molecule has 0 unspecified atom stereocenters. The van der Waals surface area contributed by atoms with Crippen molar-refractivity contribution in [2.24, 2.45) is 0 Å². The van der Waals surface area contributed by atoms with E-state index in [1.54, 1.807) is 11.3 Å². The number of carbonyl (C=O) groups excluding carboxylic acids is 1. The summed E-state index contributed by atoms with van der Waals surface area (Å²) in [6.07, 6.45) is 0.947. The van der Waals surface area contributed by atoms with Crippen LogP contribution in [0.15, 0.2) is 29.6 Å². The highest BCUT2D eigenvalue weighted by molar-refractivity contribution is 7.10. The third-order valence-corrected chi connectivity index (χ3v) is 5.50. The lowest BCUT2D eigenvalue weighted by atomic mass is 10.0. The van der Waals surface area contributed by atoms with Crippen molar-refractivity contribution in [3.05, 3.63) is 55.2 Å². The summed E-state index contributed by atoms with van der Waals surface area (Å²) in [5.41, 5.74) is 1.56. The van der Waals surface area contributed by atoms with E-state index >= 15 is 0 Å². The van der Waals surface area contributed by atoms with Crippen LogP contribution in [0.3, 0.4) is 0 Å². The minimum absolute atomic E-state index is 0.104. The van der Waals surface area contributed by atoms with Crippen LogP contribution in [0, 0.1) is 10.1 Å². The van der Waals surface area contributed by atoms with Crippen molar-refractivity contribution in [3.63, 3.8) is 0 Å². The maximum Gasteiger partial charge on any atom is 0.271 e. The highest BCUT2D eigenvalue weighted by Crippen LogP contribution is 2.32. The van der Waals surface area contributed by atoms with Crippen molar-refractivity contribution in [1.29, 1.82) is 0 Å². The Morgan fingerprint density at radius 1 is 1.50 bits per heavy atom. The van der Waals surface area contributed by atoms with Crippen molar-refractivity contribution < 1.29 is 9.72 Å². The molecule has 1 amide bonds. The van der Waals surface area contributed by atoms with Crippen molar-refractivity contribution in [3.8, 4) is 0 Å². The van der Waals surface area contributed by atoms with Gasteiger partial charge in [0.25, 0.3) is 5.69 Å². The summed E-state index contributed by atoms with van der Waals surface area (Å²) in [5, 5.41) is 15.7. The zero-order valence-electron chi connectivity index (χ0n) is 13.0. The third kappa shape index (κ3) is 3.43. The Labute approximate surface area is 148 Å². The first-order chi connectivity index (χ1) is 11.5. The van der Waals surface area contributed by atoms with Gasteiger partial charge in [0.2, 0.25) is 5.91 Å². The predicted octanol–water partition coefficient (Wildman–Crippen LogP) is 3.87. The third-order valence-electron chi connectivity index (χ3n) is 4.19. The van der Waals surface area contributed by atoms with Gasteiger partial charge < -0.3 is 5.32 Å².